The van der Waals surface area contributed by atoms with Gasteiger partial charge in [-0.2, -0.15) is 5.26 Å². The number of hydrogen-bond acceptors (Lipinski definition) is 4. The van der Waals surface area contributed by atoms with E-state index < -0.39 is 23.6 Å². The largest absolute Gasteiger partial charge is 0.573 e. The van der Waals surface area contributed by atoms with E-state index in [4.69, 9.17) is 10.00 Å². The first-order valence-electron chi connectivity index (χ1n) is 5.78. The van der Waals surface area contributed by atoms with Crippen LogP contribution in [-0.2, 0) is 4.74 Å². The SMILES string of the molecule is COCC(C)(C#N)NC(=O)c1ccccc1OC(F)(F)F. The zero-order valence-corrected chi connectivity index (χ0v) is 11.3. The van der Waals surface area contributed by atoms with E-state index in [2.05, 4.69) is 10.1 Å². The Labute approximate surface area is 119 Å². The number of benzene rings is 1. The van der Waals surface area contributed by atoms with Crippen molar-refractivity contribution in [2.24, 2.45) is 0 Å². The molecule has 0 radical (unpaired) electrons. The minimum Gasteiger partial charge on any atom is -0.405 e. The van der Waals surface area contributed by atoms with E-state index in [-0.39, 0.29) is 12.2 Å². The molecule has 1 unspecified atom stereocenters. The lowest BCUT2D eigenvalue weighted by atomic mass is 10.0. The zero-order valence-electron chi connectivity index (χ0n) is 11.3. The number of para-hydroxylation sites is 1. The number of methoxy groups -OCH3 is 1. The van der Waals surface area contributed by atoms with Gasteiger partial charge in [-0.1, -0.05) is 12.1 Å². The Morgan fingerprint density at radius 3 is 2.52 bits per heavy atom. The van der Waals surface area contributed by atoms with E-state index in [1.54, 1.807) is 0 Å². The van der Waals surface area contributed by atoms with Gasteiger partial charge < -0.3 is 14.8 Å². The summed E-state index contributed by atoms with van der Waals surface area (Å²) in [6, 6.07) is 6.70. The van der Waals surface area contributed by atoms with Crippen molar-refractivity contribution in [1.29, 1.82) is 5.26 Å². The van der Waals surface area contributed by atoms with Crippen LogP contribution >= 0.6 is 0 Å². The standard InChI is InChI=1S/C13H13F3N2O3/c1-12(7-17,8-20-2)18-11(19)9-5-3-4-6-10(9)21-13(14,15)16/h3-6H,8H2,1-2H3,(H,18,19). The third kappa shape index (κ3) is 4.96. The lowest BCUT2D eigenvalue weighted by Gasteiger charge is -2.22. The maximum atomic E-state index is 12.3. The van der Waals surface area contributed by atoms with Crippen LogP contribution in [0.4, 0.5) is 13.2 Å². The molecule has 5 nitrogen and oxygen atoms in total. The molecule has 0 aromatic heterocycles. The molecule has 0 spiro atoms. The first-order chi connectivity index (χ1) is 9.71. The maximum Gasteiger partial charge on any atom is 0.573 e. The van der Waals surface area contributed by atoms with Gasteiger partial charge in [0.15, 0.2) is 0 Å². The summed E-state index contributed by atoms with van der Waals surface area (Å²) in [6.45, 7) is 1.28. The zero-order chi connectivity index (χ0) is 16.1. The minimum atomic E-state index is -4.92. The van der Waals surface area contributed by atoms with Gasteiger partial charge in [0.05, 0.1) is 18.2 Å². The summed E-state index contributed by atoms with van der Waals surface area (Å²) in [5, 5.41) is 11.3. The second kappa shape index (κ2) is 6.45. The second-order valence-corrected chi connectivity index (χ2v) is 4.38. The summed E-state index contributed by atoms with van der Waals surface area (Å²) in [6.07, 6.45) is -4.92. The monoisotopic (exact) mass is 302 g/mol. The lowest BCUT2D eigenvalue weighted by Crippen LogP contribution is -2.48. The number of amides is 1. The average Bonchev–Trinajstić information content (AvgIpc) is 2.37. The Morgan fingerprint density at radius 2 is 2.00 bits per heavy atom. The molecule has 0 aliphatic rings. The van der Waals surface area contributed by atoms with Gasteiger partial charge in [0.2, 0.25) is 0 Å². The van der Waals surface area contributed by atoms with Crippen molar-refractivity contribution in [2.45, 2.75) is 18.8 Å². The molecule has 8 heteroatoms. The molecular weight excluding hydrogens is 289 g/mol. The number of halogens is 3. The molecule has 0 saturated heterocycles. The van der Waals surface area contributed by atoms with Gasteiger partial charge in [-0.3, -0.25) is 4.79 Å². The van der Waals surface area contributed by atoms with Gasteiger partial charge in [-0.15, -0.1) is 13.2 Å². The van der Waals surface area contributed by atoms with Crippen molar-refractivity contribution in [3.05, 3.63) is 29.8 Å². The molecule has 1 rings (SSSR count). The number of nitrogens with zero attached hydrogens (tertiary/aromatic N) is 1. The topological polar surface area (TPSA) is 71.3 Å². The molecule has 1 N–H and O–H groups in total. The Morgan fingerprint density at radius 1 is 1.38 bits per heavy atom. The third-order valence-electron chi connectivity index (χ3n) is 2.43. The van der Waals surface area contributed by atoms with Crippen LogP contribution in [0.1, 0.15) is 17.3 Å². The minimum absolute atomic E-state index is 0.114. The molecule has 0 aliphatic carbocycles. The molecule has 0 heterocycles. The molecule has 1 aromatic rings. The molecule has 1 aromatic carbocycles. The quantitative estimate of drug-likeness (QED) is 0.905. The predicted molar refractivity (Wildman–Crippen MR) is 66.5 cm³/mol. The highest BCUT2D eigenvalue weighted by Crippen LogP contribution is 2.26. The van der Waals surface area contributed by atoms with Crippen molar-refractivity contribution < 1.29 is 27.4 Å². The van der Waals surface area contributed by atoms with E-state index in [0.717, 1.165) is 6.07 Å². The molecule has 0 bridgehead atoms. The Kier molecular flexibility index (Phi) is 5.16. The van der Waals surface area contributed by atoms with Crippen LogP contribution in [0.25, 0.3) is 0 Å². The van der Waals surface area contributed by atoms with E-state index in [0.29, 0.717) is 0 Å². The van der Waals surface area contributed by atoms with Crippen LogP contribution in [0, 0.1) is 11.3 Å². The Hall–Kier alpha value is -2.27. The van der Waals surface area contributed by atoms with Crippen LogP contribution in [-0.4, -0.2) is 31.5 Å². The van der Waals surface area contributed by atoms with Crippen LogP contribution < -0.4 is 10.1 Å². The van der Waals surface area contributed by atoms with Gasteiger partial charge in [0, 0.05) is 7.11 Å². The normalized spacial score (nSPS) is 13.9. The Balaban J connectivity index is 3.01. The summed E-state index contributed by atoms with van der Waals surface area (Å²) < 4.78 is 45.4. The van der Waals surface area contributed by atoms with E-state index in [9.17, 15) is 18.0 Å². The van der Waals surface area contributed by atoms with Crippen molar-refractivity contribution in [3.63, 3.8) is 0 Å². The molecule has 21 heavy (non-hydrogen) atoms. The second-order valence-electron chi connectivity index (χ2n) is 4.38. The van der Waals surface area contributed by atoms with Gasteiger partial charge in [-0.25, -0.2) is 0 Å². The summed E-state index contributed by atoms with van der Waals surface area (Å²) >= 11 is 0. The number of nitriles is 1. The van der Waals surface area contributed by atoms with Crippen molar-refractivity contribution in [1.82, 2.24) is 5.32 Å². The van der Waals surface area contributed by atoms with Crippen LogP contribution in [0.3, 0.4) is 0 Å². The van der Waals surface area contributed by atoms with Crippen LogP contribution in [0.15, 0.2) is 24.3 Å². The molecular formula is C13H13F3N2O3. The number of carbonyl (C=O) groups is 1. The summed E-state index contributed by atoms with van der Waals surface area (Å²) in [5.74, 6) is -1.50. The van der Waals surface area contributed by atoms with E-state index in [1.165, 1.54) is 32.2 Å². The van der Waals surface area contributed by atoms with Crippen molar-refractivity contribution >= 4 is 5.91 Å². The smallest absolute Gasteiger partial charge is 0.405 e. The fraction of sp³-hybridized carbons (Fsp3) is 0.385. The summed E-state index contributed by atoms with van der Waals surface area (Å²) in [4.78, 5) is 12.0. The predicted octanol–water partition coefficient (Wildman–Crippen LogP) is 2.24. The number of nitrogens with one attached hydrogen (secondary N) is 1. The number of hydrogen-bond donors (Lipinski definition) is 1. The van der Waals surface area contributed by atoms with Gasteiger partial charge in [0.1, 0.15) is 11.3 Å². The van der Waals surface area contributed by atoms with Crippen LogP contribution in [0.2, 0.25) is 0 Å². The molecule has 1 atom stereocenters. The number of alkyl halides is 3. The average molecular weight is 302 g/mol. The molecule has 1 amide bonds. The van der Waals surface area contributed by atoms with E-state index in [1.807, 2.05) is 6.07 Å². The first kappa shape index (κ1) is 16.8. The number of carbonyl (C=O) groups excluding carboxylic acids is 1. The van der Waals surface area contributed by atoms with Gasteiger partial charge >= 0.3 is 6.36 Å². The fourth-order valence-electron chi connectivity index (χ4n) is 1.57. The first-order valence-corrected chi connectivity index (χ1v) is 5.78. The maximum absolute atomic E-state index is 12.3. The third-order valence-corrected chi connectivity index (χ3v) is 2.43. The van der Waals surface area contributed by atoms with Gasteiger partial charge in [-0.05, 0) is 19.1 Å². The molecule has 114 valence electrons. The summed E-state index contributed by atoms with van der Waals surface area (Å²) in [7, 11) is 1.34. The van der Waals surface area contributed by atoms with Crippen molar-refractivity contribution in [3.8, 4) is 11.8 Å². The highest BCUT2D eigenvalue weighted by molar-refractivity contribution is 5.97. The summed E-state index contributed by atoms with van der Waals surface area (Å²) in [5.41, 5.74) is -1.69. The molecule has 0 fully saturated rings. The molecule has 0 saturated carbocycles. The number of ether oxygens (including phenoxy) is 2. The molecule has 0 aliphatic heterocycles. The fourth-order valence-corrected chi connectivity index (χ4v) is 1.57. The highest BCUT2D eigenvalue weighted by Gasteiger charge is 2.34. The van der Waals surface area contributed by atoms with Crippen LogP contribution in [0.5, 0.6) is 5.75 Å². The van der Waals surface area contributed by atoms with Gasteiger partial charge in [0.25, 0.3) is 5.91 Å². The van der Waals surface area contributed by atoms with E-state index >= 15 is 0 Å². The lowest BCUT2D eigenvalue weighted by molar-refractivity contribution is -0.274. The Bertz CT molecular complexity index is 554. The highest BCUT2D eigenvalue weighted by atomic mass is 19.4. The number of rotatable bonds is 5. The van der Waals surface area contributed by atoms with Crippen molar-refractivity contribution in [2.75, 3.05) is 13.7 Å².